The zero-order valence-corrected chi connectivity index (χ0v) is 33.7. The van der Waals surface area contributed by atoms with Gasteiger partial charge in [-0.3, -0.25) is 0 Å². The van der Waals surface area contributed by atoms with Gasteiger partial charge >= 0.3 is 0 Å². The van der Waals surface area contributed by atoms with Gasteiger partial charge in [-0.1, -0.05) is 74.4 Å². The summed E-state index contributed by atoms with van der Waals surface area (Å²) in [7, 11) is 8.54. The van der Waals surface area contributed by atoms with E-state index in [-0.39, 0.29) is 16.2 Å². The average Bonchev–Trinajstić information content (AvgIpc) is 2.93. The quantitative estimate of drug-likeness (QED) is 0.200. The number of hydrogen-bond acceptors (Lipinski definition) is 6. The van der Waals surface area contributed by atoms with Gasteiger partial charge in [-0.25, -0.2) is 0 Å². The molecule has 0 fully saturated rings. The summed E-state index contributed by atoms with van der Waals surface area (Å²) in [5.74, 6) is 2.79. The Morgan fingerprint density at radius 3 is 1.31 bits per heavy atom. The van der Waals surface area contributed by atoms with Crippen LogP contribution in [0.2, 0.25) is 0 Å². The normalized spacial score (nSPS) is 12.7. The first kappa shape index (κ1) is 39.6. The minimum Gasteiger partial charge on any atom is -0.507 e. The number of rotatable bonds is 12. The largest absolute Gasteiger partial charge is 0.507 e. The molecular formula is C41H63N2O4P. The number of methoxy groups -OCH3 is 1. The molecule has 0 aromatic heterocycles. The highest BCUT2D eigenvalue weighted by atomic mass is 31.1. The number of aryl methyl sites for hydroxylation is 2. The van der Waals surface area contributed by atoms with Crippen molar-refractivity contribution >= 4 is 23.8 Å². The Morgan fingerprint density at radius 1 is 0.583 bits per heavy atom. The zero-order chi connectivity index (χ0) is 36.4. The minimum atomic E-state index is -1.42. The smallest absolute Gasteiger partial charge is 0.131 e. The molecule has 0 saturated heterocycles. The maximum absolute atomic E-state index is 12.4. The van der Waals surface area contributed by atoms with E-state index in [2.05, 4.69) is 138 Å². The molecule has 6 nitrogen and oxygen atoms in total. The van der Waals surface area contributed by atoms with Crippen LogP contribution in [0.15, 0.2) is 36.4 Å². The standard InChI is InChI=1S/C41H63N2O4P/c1-27-21-31(40(6,7)8)37(46-19-17-42(12)13)34(23-27)48(33-26-29(45-16)25-30(36(33)44)39(3,4)5)35-24-28(2)22-32(41(9,10)11)38(35)47-20-18-43(14)15/h21-26,44H,17-20H2,1-16H3. The molecule has 0 aliphatic carbocycles. The summed E-state index contributed by atoms with van der Waals surface area (Å²) < 4.78 is 19.7. The molecule has 48 heavy (non-hydrogen) atoms. The predicted octanol–water partition coefficient (Wildman–Crippen LogP) is 7.55. The molecule has 0 radical (unpaired) electrons. The van der Waals surface area contributed by atoms with Crippen LogP contribution >= 0.6 is 7.92 Å². The average molecular weight is 679 g/mol. The number of benzene rings is 3. The number of phenolic OH excluding ortho intramolecular Hbond substituents is 1. The van der Waals surface area contributed by atoms with Crippen molar-refractivity contribution in [2.45, 2.75) is 92.4 Å². The predicted molar refractivity (Wildman–Crippen MR) is 207 cm³/mol. The Morgan fingerprint density at radius 2 is 0.979 bits per heavy atom. The van der Waals surface area contributed by atoms with Crippen LogP contribution in [-0.2, 0) is 16.2 Å². The lowest BCUT2D eigenvalue weighted by atomic mass is 9.85. The Bertz CT molecular complexity index is 1480. The number of aromatic hydroxyl groups is 1. The highest BCUT2D eigenvalue weighted by Gasteiger charge is 2.35. The van der Waals surface area contributed by atoms with Gasteiger partial charge in [-0.15, -0.1) is 0 Å². The molecule has 3 rings (SSSR count). The Balaban J connectivity index is 2.63. The van der Waals surface area contributed by atoms with Crippen LogP contribution in [0.3, 0.4) is 0 Å². The second-order valence-corrected chi connectivity index (χ2v) is 18.9. The molecule has 3 aromatic carbocycles. The van der Waals surface area contributed by atoms with E-state index in [9.17, 15) is 5.11 Å². The van der Waals surface area contributed by atoms with Crippen LogP contribution in [0.1, 0.15) is 90.1 Å². The number of hydrogen-bond donors (Lipinski definition) is 1. The fourth-order valence-electron chi connectivity index (χ4n) is 5.76. The molecule has 0 unspecified atom stereocenters. The van der Waals surface area contributed by atoms with Crippen LogP contribution in [0.4, 0.5) is 0 Å². The van der Waals surface area contributed by atoms with Crippen molar-refractivity contribution in [3.8, 4) is 23.0 Å². The highest BCUT2D eigenvalue weighted by molar-refractivity contribution is 7.80. The third kappa shape index (κ3) is 9.67. The van der Waals surface area contributed by atoms with E-state index in [4.69, 9.17) is 14.2 Å². The first-order valence-electron chi connectivity index (χ1n) is 17.1. The fraction of sp³-hybridized carbons (Fsp3) is 0.561. The first-order chi connectivity index (χ1) is 22.1. The second kappa shape index (κ2) is 15.4. The summed E-state index contributed by atoms with van der Waals surface area (Å²) in [6.07, 6.45) is 0. The van der Waals surface area contributed by atoms with Crippen LogP contribution < -0.4 is 30.1 Å². The van der Waals surface area contributed by atoms with Gasteiger partial charge in [0.15, 0.2) is 0 Å². The van der Waals surface area contributed by atoms with E-state index in [1.807, 2.05) is 12.1 Å². The summed E-state index contributed by atoms with van der Waals surface area (Å²) in [5, 5.41) is 15.4. The van der Waals surface area contributed by atoms with Gasteiger partial charge in [0.25, 0.3) is 0 Å². The third-order valence-electron chi connectivity index (χ3n) is 8.44. The third-order valence-corrected chi connectivity index (χ3v) is 10.9. The van der Waals surface area contributed by atoms with Crippen LogP contribution in [0, 0.1) is 13.8 Å². The van der Waals surface area contributed by atoms with E-state index < -0.39 is 7.92 Å². The molecule has 7 heteroatoms. The maximum Gasteiger partial charge on any atom is 0.131 e. The van der Waals surface area contributed by atoms with Crippen molar-refractivity contribution in [1.82, 2.24) is 9.80 Å². The number of nitrogens with zero attached hydrogens (tertiary/aromatic N) is 2. The highest BCUT2D eigenvalue weighted by Crippen LogP contribution is 2.49. The molecule has 0 saturated carbocycles. The van der Waals surface area contributed by atoms with Crippen molar-refractivity contribution in [1.29, 1.82) is 0 Å². The fourth-order valence-corrected chi connectivity index (χ4v) is 8.57. The molecule has 0 amide bonds. The van der Waals surface area contributed by atoms with Gasteiger partial charge in [0, 0.05) is 45.7 Å². The van der Waals surface area contributed by atoms with Gasteiger partial charge in [-0.05, 0) is 102 Å². The SMILES string of the molecule is COc1cc(P(c2cc(C)cc(C(C)(C)C)c2OCCN(C)C)c2cc(C)cc(C(C)(C)C)c2OCCN(C)C)c(O)c(C(C)(C)C)c1. The molecule has 0 aliphatic heterocycles. The topological polar surface area (TPSA) is 54.4 Å². The lowest BCUT2D eigenvalue weighted by Crippen LogP contribution is -2.31. The number of likely N-dealkylation sites (N-methyl/N-ethyl adjacent to an activating group) is 2. The van der Waals surface area contributed by atoms with Crippen molar-refractivity contribution in [3.05, 3.63) is 64.2 Å². The summed E-state index contributed by atoms with van der Waals surface area (Å²) in [5.41, 5.74) is 4.77. The van der Waals surface area contributed by atoms with Gasteiger partial charge in [0.05, 0.1) is 7.11 Å². The molecule has 3 aromatic rings. The van der Waals surface area contributed by atoms with Crippen molar-refractivity contribution in [2.24, 2.45) is 0 Å². The lowest BCUT2D eigenvalue weighted by molar-refractivity contribution is 0.258. The molecule has 0 aliphatic rings. The van der Waals surface area contributed by atoms with Gasteiger partial charge < -0.3 is 29.1 Å². The summed E-state index contributed by atoms with van der Waals surface area (Å²) >= 11 is 0. The molecule has 0 heterocycles. The first-order valence-corrected chi connectivity index (χ1v) is 18.5. The summed E-state index contributed by atoms with van der Waals surface area (Å²) in [4.78, 5) is 4.29. The summed E-state index contributed by atoms with van der Waals surface area (Å²) in [6, 6.07) is 13.1. The van der Waals surface area contributed by atoms with Crippen molar-refractivity contribution in [3.63, 3.8) is 0 Å². The van der Waals surface area contributed by atoms with Crippen LogP contribution in [0.5, 0.6) is 23.0 Å². The molecule has 1 N–H and O–H groups in total. The molecular weight excluding hydrogens is 615 g/mol. The van der Waals surface area contributed by atoms with E-state index in [1.165, 1.54) is 0 Å². The molecule has 266 valence electrons. The number of ether oxygens (including phenoxy) is 3. The number of phenols is 1. The van der Waals surface area contributed by atoms with Crippen LogP contribution in [0.25, 0.3) is 0 Å². The maximum atomic E-state index is 12.4. The van der Waals surface area contributed by atoms with E-state index in [1.54, 1.807) is 7.11 Å². The molecule has 0 atom stereocenters. The minimum absolute atomic E-state index is 0.184. The molecule has 0 bridgehead atoms. The van der Waals surface area contributed by atoms with E-state index in [0.717, 1.165) is 74.1 Å². The monoisotopic (exact) mass is 678 g/mol. The zero-order valence-electron chi connectivity index (χ0n) is 32.8. The van der Waals surface area contributed by atoms with Gasteiger partial charge in [-0.2, -0.15) is 0 Å². The molecule has 0 spiro atoms. The Hall–Kier alpha value is -2.79. The lowest BCUT2D eigenvalue weighted by Gasteiger charge is -2.33. The Kier molecular flexibility index (Phi) is 12.7. The van der Waals surface area contributed by atoms with E-state index in [0.29, 0.717) is 19.0 Å². The summed E-state index contributed by atoms with van der Waals surface area (Å²) in [6.45, 7) is 26.8. The Labute approximate surface area is 293 Å². The van der Waals surface area contributed by atoms with Gasteiger partial charge in [0.2, 0.25) is 0 Å². The van der Waals surface area contributed by atoms with Crippen molar-refractivity contribution in [2.75, 3.05) is 61.6 Å². The van der Waals surface area contributed by atoms with Gasteiger partial charge in [0.1, 0.15) is 36.2 Å². The van der Waals surface area contributed by atoms with E-state index >= 15 is 0 Å². The van der Waals surface area contributed by atoms with Crippen LogP contribution in [-0.4, -0.2) is 76.5 Å². The van der Waals surface area contributed by atoms with Crippen molar-refractivity contribution < 1.29 is 19.3 Å². The second-order valence-electron chi connectivity index (χ2n) is 16.8.